The Morgan fingerprint density at radius 3 is 2.56 bits per heavy atom. The fourth-order valence-corrected chi connectivity index (χ4v) is 2.14. The van der Waals surface area contributed by atoms with Gasteiger partial charge in [0.05, 0.1) is 0 Å². The molecule has 1 saturated heterocycles. The number of hydrogen-bond donors (Lipinski definition) is 0. The van der Waals surface area contributed by atoms with Crippen molar-refractivity contribution in [1.29, 1.82) is 0 Å². The van der Waals surface area contributed by atoms with Crippen molar-refractivity contribution in [2.24, 2.45) is 5.92 Å². The first-order valence-electron chi connectivity index (χ1n) is 6.00. The lowest BCUT2D eigenvalue weighted by molar-refractivity contribution is -0.125. The first kappa shape index (κ1) is 11.3. The number of Topliss-reactive ketones (excluding diaryl/α,β-unsaturated/α-hetero) is 1. The van der Waals surface area contributed by atoms with Gasteiger partial charge in [0.15, 0.2) is 0 Å². The maximum Gasteiger partial charge on any atom is 0.136 e. The number of hydrogen-bond acceptors (Lipinski definition) is 2. The summed E-state index contributed by atoms with van der Waals surface area (Å²) in [5, 5.41) is 0. The Labute approximate surface area is 96.6 Å². The van der Waals surface area contributed by atoms with E-state index in [1.807, 2.05) is 18.2 Å². The average Bonchev–Trinajstić information content (AvgIpc) is 2.38. The topological polar surface area (TPSA) is 26.3 Å². The van der Waals surface area contributed by atoms with E-state index < -0.39 is 0 Å². The molecule has 2 nitrogen and oxygen atoms in total. The summed E-state index contributed by atoms with van der Waals surface area (Å²) in [5.74, 6) is 0.657. The highest BCUT2D eigenvalue weighted by Gasteiger charge is 2.20. The third kappa shape index (κ3) is 3.17. The predicted octanol–water partition coefficient (Wildman–Crippen LogP) is 2.61. The van der Waals surface area contributed by atoms with Gasteiger partial charge in [-0.15, -0.1) is 0 Å². The molecule has 0 aromatic heterocycles. The van der Waals surface area contributed by atoms with E-state index in [0.717, 1.165) is 32.5 Å². The van der Waals surface area contributed by atoms with Crippen LogP contribution in [0.2, 0.25) is 0 Å². The van der Waals surface area contributed by atoms with Crippen LogP contribution in [0.15, 0.2) is 30.3 Å². The fraction of sp³-hybridized carbons (Fsp3) is 0.500. The number of carbonyl (C=O) groups excluding carboxylic acids is 1. The second-order valence-corrected chi connectivity index (χ2v) is 4.34. The summed E-state index contributed by atoms with van der Waals surface area (Å²) in [6, 6.07) is 10.2. The van der Waals surface area contributed by atoms with E-state index in [9.17, 15) is 4.79 Å². The molecule has 0 spiro atoms. The van der Waals surface area contributed by atoms with E-state index in [2.05, 4.69) is 12.1 Å². The monoisotopic (exact) mass is 218 g/mol. The van der Waals surface area contributed by atoms with Gasteiger partial charge in [0, 0.05) is 25.6 Å². The number of ketones is 1. The number of benzene rings is 1. The Morgan fingerprint density at radius 2 is 1.88 bits per heavy atom. The van der Waals surface area contributed by atoms with Gasteiger partial charge in [-0.2, -0.15) is 0 Å². The molecule has 0 unspecified atom stereocenters. The Morgan fingerprint density at radius 1 is 1.19 bits per heavy atom. The molecule has 0 amide bonds. The van der Waals surface area contributed by atoms with Crippen LogP contribution in [0.3, 0.4) is 0 Å². The first-order chi connectivity index (χ1) is 7.86. The molecule has 0 N–H and O–H groups in total. The van der Waals surface area contributed by atoms with Crippen molar-refractivity contribution in [3.8, 4) is 0 Å². The van der Waals surface area contributed by atoms with Crippen molar-refractivity contribution >= 4 is 5.78 Å². The smallest absolute Gasteiger partial charge is 0.136 e. The minimum Gasteiger partial charge on any atom is -0.381 e. The number of ether oxygens (including phenoxy) is 1. The Hall–Kier alpha value is -1.15. The van der Waals surface area contributed by atoms with Crippen LogP contribution in [-0.2, 0) is 16.0 Å². The molecule has 0 aliphatic carbocycles. The molecule has 0 radical (unpaired) electrons. The molecule has 1 aromatic carbocycles. The van der Waals surface area contributed by atoms with Crippen LogP contribution in [0, 0.1) is 5.92 Å². The van der Waals surface area contributed by atoms with Crippen LogP contribution < -0.4 is 0 Å². The second kappa shape index (κ2) is 5.80. The zero-order valence-electron chi connectivity index (χ0n) is 9.52. The largest absolute Gasteiger partial charge is 0.381 e. The summed E-state index contributed by atoms with van der Waals surface area (Å²) in [7, 11) is 0. The maximum absolute atomic E-state index is 11.9. The normalized spacial score (nSPS) is 17.2. The van der Waals surface area contributed by atoms with Crippen LogP contribution in [0.4, 0.5) is 0 Å². The molecule has 0 atom stereocenters. The summed E-state index contributed by atoms with van der Waals surface area (Å²) in [5.41, 5.74) is 1.25. The highest BCUT2D eigenvalue weighted by molar-refractivity contribution is 5.81. The summed E-state index contributed by atoms with van der Waals surface area (Å²) < 4.78 is 5.26. The predicted molar refractivity (Wildman–Crippen MR) is 63.3 cm³/mol. The summed E-state index contributed by atoms with van der Waals surface area (Å²) in [6.07, 6.45) is 3.37. The van der Waals surface area contributed by atoms with Crippen molar-refractivity contribution in [2.75, 3.05) is 13.2 Å². The Bertz CT molecular complexity index is 326. The molecule has 1 heterocycles. The number of carbonyl (C=O) groups is 1. The van der Waals surface area contributed by atoms with Crippen molar-refractivity contribution in [2.45, 2.75) is 25.7 Å². The van der Waals surface area contributed by atoms with Crippen molar-refractivity contribution in [3.63, 3.8) is 0 Å². The lowest BCUT2D eigenvalue weighted by atomic mass is 9.92. The van der Waals surface area contributed by atoms with E-state index in [1.54, 1.807) is 0 Å². The SMILES string of the molecule is O=C(CCc1ccccc1)C1CCOCC1. The van der Waals surface area contributed by atoms with Crippen LogP contribution in [0.5, 0.6) is 0 Å². The van der Waals surface area contributed by atoms with Gasteiger partial charge in [-0.1, -0.05) is 30.3 Å². The molecule has 16 heavy (non-hydrogen) atoms. The summed E-state index contributed by atoms with van der Waals surface area (Å²) in [4.78, 5) is 11.9. The van der Waals surface area contributed by atoms with E-state index >= 15 is 0 Å². The van der Waals surface area contributed by atoms with E-state index in [4.69, 9.17) is 4.74 Å². The van der Waals surface area contributed by atoms with Gasteiger partial charge in [0.25, 0.3) is 0 Å². The van der Waals surface area contributed by atoms with E-state index in [1.165, 1.54) is 5.56 Å². The average molecular weight is 218 g/mol. The van der Waals surface area contributed by atoms with Gasteiger partial charge in [-0.3, -0.25) is 4.79 Å². The quantitative estimate of drug-likeness (QED) is 0.776. The molecule has 0 saturated carbocycles. The zero-order valence-corrected chi connectivity index (χ0v) is 9.52. The lowest BCUT2D eigenvalue weighted by Gasteiger charge is -2.20. The molecule has 1 fully saturated rings. The van der Waals surface area contributed by atoms with E-state index in [0.29, 0.717) is 12.2 Å². The number of aryl methyl sites for hydroxylation is 1. The third-order valence-corrected chi connectivity index (χ3v) is 3.18. The van der Waals surface area contributed by atoms with Gasteiger partial charge in [0.1, 0.15) is 5.78 Å². The van der Waals surface area contributed by atoms with Crippen LogP contribution in [0.25, 0.3) is 0 Å². The second-order valence-electron chi connectivity index (χ2n) is 4.34. The lowest BCUT2D eigenvalue weighted by Crippen LogP contribution is -2.23. The fourth-order valence-electron chi connectivity index (χ4n) is 2.14. The van der Waals surface area contributed by atoms with Gasteiger partial charge in [-0.25, -0.2) is 0 Å². The van der Waals surface area contributed by atoms with Gasteiger partial charge in [0.2, 0.25) is 0 Å². The third-order valence-electron chi connectivity index (χ3n) is 3.18. The van der Waals surface area contributed by atoms with Crippen LogP contribution >= 0.6 is 0 Å². The first-order valence-corrected chi connectivity index (χ1v) is 6.00. The maximum atomic E-state index is 11.9. The highest BCUT2D eigenvalue weighted by Crippen LogP contribution is 2.18. The summed E-state index contributed by atoms with van der Waals surface area (Å²) in [6.45, 7) is 1.50. The van der Waals surface area contributed by atoms with Crippen LogP contribution in [-0.4, -0.2) is 19.0 Å². The van der Waals surface area contributed by atoms with Gasteiger partial charge < -0.3 is 4.74 Å². The molecular weight excluding hydrogens is 200 g/mol. The molecule has 1 aliphatic rings. The zero-order chi connectivity index (χ0) is 11.2. The van der Waals surface area contributed by atoms with Crippen LogP contribution in [0.1, 0.15) is 24.8 Å². The standard InChI is InChI=1S/C14H18O2/c15-14(13-8-10-16-11-9-13)7-6-12-4-2-1-3-5-12/h1-5,13H,6-11H2. The molecule has 2 heteroatoms. The molecular formula is C14H18O2. The van der Waals surface area contributed by atoms with Crippen molar-refractivity contribution in [3.05, 3.63) is 35.9 Å². The molecule has 0 bridgehead atoms. The van der Waals surface area contributed by atoms with Crippen molar-refractivity contribution < 1.29 is 9.53 Å². The summed E-state index contributed by atoms with van der Waals surface area (Å²) >= 11 is 0. The number of rotatable bonds is 4. The van der Waals surface area contributed by atoms with E-state index in [-0.39, 0.29) is 5.92 Å². The van der Waals surface area contributed by atoms with Gasteiger partial charge in [-0.05, 0) is 24.8 Å². The molecule has 1 aliphatic heterocycles. The minimum atomic E-state index is 0.248. The minimum absolute atomic E-state index is 0.248. The highest BCUT2D eigenvalue weighted by atomic mass is 16.5. The van der Waals surface area contributed by atoms with Gasteiger partial charge >= 0.3 is 0 Å². The Balaban J connectivity index is 1.79. The molecule has 86 valence electrons. The molecule has 1 aromatic rings. The van der Waals surface area contributed by atoms with Crippen molar-refractivity contribution in [1.82, 2.24) is 0 Å². The Kier molecular flexibility index (Phi) is 4.11. The molecule has 2 rings (SSSR count).